The minimum Gasteiger partial charge on any atom is -0.435 e. The number of rotatable bonds is 5. The van der Waals surface area contributed by atoms with Gasteiger partial charge in [0.25, 0.3) is 0 Å². The van der Waals surface area contributed by atoms with Crippen molar-refractivity contribution < 1.29 is 23.0 Å². The van der Waals surface area contributed by atoms with Crippen molar-refractivity contribution in [1.29, 1.82) is 0 Å². The van der Waals surface area contributed by atoms with Crippen LogP contribution in [0.5, 0.6) is 5.75 Å². The summed E-state index contributed by atoms with van der Waals surface area (Å²) in [4.78, 5) is 17.4. The quantitative estimate of drug-likeness (QED) is 0.603. The molecule has 1 aliphatic heterocycles. The van der Waals surface area contributed by atoms with E-state index in [0.717, 1.165) is 22.0 Å². The van der Waals surface area contributed by atoms with Crippen LogP contribution in [0.15, 0.2) is 54.7 Å². The summed E-state index contributed by atoms with van der Waals surface area (Å²) >= 11 is 0. The number of amides is 2. The lowest BCUT2D eigenvalue weighted by Gasteiger charge is -2.38. The molecule has 0 spiro atoms. The van der Waals surface area contributed by atoms with Crippen molar-refractivity contribution in [2.45, 2.75) is 31.9 Å². The Bertz CT molecular complexity index is 1070. The van der Waals surface area contributed by atoms with E-state index in [4.69, 9.17) is 4.74 Å². The van der Waals surface area contributed by atoms with Gasteiger partial charge in [-0.1, -0.05) is 18.2 Å². The fourth-order valence-electron chi connectivity index (χ4n) is 3.95. The average Bonchev–Trinajstić information content (AvgIpc) is 2.76. The first-order chi connectivity index (χ1) is 15.0. The minimum absolute atomic E-state index is 0.0734. The number of nitrogens with one attached hydrogen (secondary N) is 2. The third-order valence-electron chi connectivity index (χ3n) is 5.56. The van der Waals surface area contributed by atoms with Crippen LogP contribution in [-0.2, 0) is 10.3 Å². The Morgan fingerprint density at radius 1 is 1.13 bits per heavy atom. The molecule has 31 heavy (non-hydrogen) atoms. The van der Waals surface area contributed by atoms with Gasteiger partial charge in [0, 0.05) is 24.8 Å². The molecule has 0 bridgehead atoms. The molecule has 1 fully saturated rings. The predicted molar refractivity (Wildman–Crippen MR) is 113 cm³/mol. The number of ether oxygens (including phenoxy) is 2. The van der Waals surface area contributed by atoms with E-state index in [1.54, 1.807) is 18.3 Å². The lowest BCUT2D eigenvalue weighted by molar-refractivity contribution is -0.0498. The molecule has 0 unspecified atom stereocenters. The summed E-state index contributed by atoms with van der Waals surface area (Å²) in [7, 11) is 0. The molecule has 0 atom stereocenters. The minimum atomic E-state index is -2.88. The molecule has 3 aromatic rings. The van der Waals surface area contributed by atoms with Crippen molar-refractivity contribution in [2.75, 3.05) is 18.5 Å². The van der Waals surface area contributed by atoms with Crippen molar-refractivity contribution in [1.82, 2.24) is 10.3 Å². The molecule has 6 nitrogen and oxygen atoms in total. The van der Waals surface area contributed by atoms with Gasteiger partial charge in [-0.05, 0) is 61.2 Å². The van der Waals surface area contributed by atoms with Gasteiger partial charge in [0.05, 0.1) is 16.7 Å². The molecule has 1 saturated heterocycles. The smallest absolute Gasteiger partial charge is 0.387 e. The first-order valence-electron chi connectivity index (χ1n) is 10.0. The van der Waals surface area contributed by atoms with Gasteiger partial charge in [-0.25, -0.2) is 4.79 Å². The van der Waals surface area contributed by atoms with Crippen LogP contribution in [0, 0.1) is 6.92 Å². The molecule has 2 N–H and O–H groups in total. The highest BCUT2D eigenvalue weighted by Gasteiger charge is 2.36. The zero-order chi connectivity index (χ0) is 21.8. The van der Waals surface area contributed by atoms with E-state index in [1.165, 1.54) is 12.1 Å². The van der Waals surface area contributed by atoms with Crippen LogP contribution in [0.3, 0.4) is 0 Å². The number of hydrogen-bond donors (Lipinski definition) is 2. The van der Waals surface area contributed by atoms with E-state index in [2.05, 4.69) is 20.4 Å². The normalized spacial score (nSPS) is 15.6. The van der Waals surface area contributed by atoms with E-state index >= 15 is 0 Å². The average molecular weight is 427 g/mol. The zero-order valence-corrected chi connectivity index (χ0v) is 17.0. The molecule has 1 aromatic heterocycles. The second-order valence-corrected chi connectivity index (χ2v) is 7.50. The van der Waals surface area contributed by atoms with Gasteiger partial charge in [0.1, 0.15) is 5.75 Å². The van der Waals surface area contributed by atoms with Gasteiger partial charge in [0.15, 0.2) is 0 Å². The molecular weight excluding hydrogens is 404 g/mol. The molecule has 0 radical (unpaired) electrons. The summed E-state index contributed by atoms with van der Waals surface area (Å²) in [6.07, 6.45) is 2.83. The van der Waals surface area contributed by atoms with Crippen LogP contribution in [0.25, 0.3) is 10.9 Å². The second kappa shape index (κ2) is 8.85. The van der Waals surface area contributed by atoms with Gasteiger partial charge in [-0.15, -0.1) is 0 Å². The maximum absolute atomic E-state index is 13.1. The standard InChI is InChI=1S/C23H23F2N3O3/c1-15-4-9-19-18(3-2-12-26-19)20(15)27-22(29)28-23(10-13-30-14-11-23)16-5-7-17(8-6-16)31-21(24)25/h2-9,12,21H,10-11,13-14H2,1H3,(H2,27,28,29). The number of carbonyl (C=O) groups excluding carboxylic acids is 1. The highest BCUT2D eigenvalue weighted by Crippen LogP contribution is 2.34. The zero-order valence-electron chi connectivity index (χ0n) is 17.0. The Labute approximate surface area is 178 Å². The fraction of sp³-hybridized carbons (Fsp3) is 0.304. The summed E-state index contributed by atoms with van der Waals surface area (Å²) in [5.74, 6) is 0.0734. The van der Waals surface area contributed by atoms with E-state index in [0.29, 0.717) is 31.7 Å². The number of urea groups is 1. The maximum atomic E-state index is 13.1. The van der Waals surface area contributed by atoms with Crippen molar-refractivity contribution in [3.05, 3.63) is 65.9 Å². The van der Waals surface area contributed by atoms with E-state index in [1.807, 2.05) is 31.2 Å². The summed E-state index contributed by atoms with van der Waals surface area (Å²) in [6, 6.07) is 13.6. The number of hydrogen-bond acceptors (Lipinski definition) is 4. The lowest BCUT2D eigenvalue weighted by atomic mass is 9.82. The third kappa shape index (κ3) is 4.59. The number of benzene rings is 2. The molecule has 8 heteroatoms. The Hall–Kier alpha value is -3.26. The number of aryl methyl sites for hydroxylation is 1. The van der Waals surface area contributed by atoms with Crippen LogP contribution < -0.4 is 15.4 Å². The van der Waals surface area contributed by atoms with Crippen LogP contribution >= 0.6 is 0 Å². The number of nitrogens with zero attached hydrogens (tertiary/aromatic N) is 1. The molecule has 2 amide bonds. The van der Waals surface area contributed by atoms with Gasteiger partial charge >= 0.3 is 12.6 Å². The van der Waals surface area contributed by atoms with Gasteiger partial charge in [-0.3, -0.25) is 4.98 Å². The first kappa shape index (κ1) is 21.0. The SMILES string of the molecule is Cc1ccc2ncccc2c1NC(=O)NC1(c2ccc(OC(F)F)cc2)CCOCC1. The van der Waals surface area contributed by atoms with E-state index in [-0.39, 0.29) is 11.8 Å². The molecule has 162 valence electrons. The molecule has 0 saturated carbocycles. The Kier molecular flexibility index (Phi) is 5.99. The monoisotopic (exact) mass is 427 g/mol. The first-order valence-corrected chi connectivity index (χ1v) is 10.0. The van der Waals surface area contributed by atoms with E-state index in [9.17, 15) is 13.6 Å². The van der Waals surface area contributed by atoms with Crippen molar-refractivity contribution in [3.63, 3.8) is 0 Å². The third-order valence-corrected chi connectivity index (χ3v) is 5.56. The van der Waals surface area contributed by atoms with Gasteiger partial charge in [-0.2, -0.15) is 8.78 Å². The van der Waals surface area contributed by atoms with E-state index < -0.39 is 12.2 Å². The summed E-state index contributed by atoms with van der Waals surface area (Å²) in [6.45, 7) is -0.00155. The molecule has 1 aliphatic rings. The van der Waals surface area contributed by atoms with Crippen molar-refractivity contribution in [2.24, 2.45) is 0 Å². The second-order valence-electron chi connectivity index (χ2n) is 7.50. The summed E-state index contributed by atoms with van der Waals surface area (Å²) in [5.41, 5.74) is 2.54. The Morgan fingerprint density at radius 2 is 1.87 bits per heavy atom. The molecule has 2 heterocycles. The molecular formula is C23H23F2N3O3. The number of halogens is 2. The highest BCUT2D eigenvalue weighted by atomic mass is 19.3. The number of anilines is 1. The Morgan fingerprint density at radius 3 is 2.58 bits per heavy atom. The maximum Gasteiger partial charge on any atom is 0.387 e. The van der Waals surface area contributed by atoms with Gasteiger partial charge in [0.2, 0.25) is 0 Å². The number of carbonyl (C=O) groups is 1. The lowest BCUT2D eigenvalue weighted by Crippen LogP contribution is -2.51. The molecule has 4 rings (SSSR count). The van der Waals surface area contributed by atoms with Crippen molar-refractivity contribution >= 4 is 22.6 Å². The van der Waals surface area contributed by atoms with Crippen LogP contribution in [0.1, 0.15) is 24.0 Å². The molecule has 2 aromatic carbocycles. The number of aromatic nitrogens is 1. The number of alkyl halides is 2. The summed E-state index contributed by atoms with van der Waals surface area (Å²) < 4.78 is 34.9. The largest absolute Gasteiger partial charge is 0.435 e. The Balaban J connectivity index is 1.59. The topological polar surface area (TPSA) is 72.5 Å². The van der Waals surface area contributed by atoms with Crippen LogP contribution in [0.4, 0.5) is 19.3 Å². The van der Waals surface area contributed by atoms with Crippen LogP contribution in [0.2, 0.25) is 0 Å². The predicted octanol–water partition coefficient (Wildman–Crippen LogP) is 4.97. The number of pyridine rings is 1. The number of fused-ring (bicyclic) bond motifs is 1. The van der Waals surface area contributed by atoms with Crippen molar-refractivity contribution in [3.8, 4) is 5.75 Å². The highest BCUT2D eigenvalue weighted by molar-refractivity contribution is 6.01. The fourth-order valence-corrected chi connectivity index (χ4v) is 3.95. The summed E-state index contributed by atoms with van der Waals surface area (Å²) in [5, 5.41) is 6.94. The van der Waals surface area contributed by atoms with Gasteiger partial charge < -0.3 is 20.1 Å². The molecule has 0 aliphatic carbocycles. The van der Waals surface area contributed by atoms with Crippen LogP contribution in [-0.4, -0.2) is 30.8 Å².